The van der Waals surface area contributed by atoms with Crippen LogP contribution in [0.2, 0.25) is 0 Å². The van der Waals surface area contributed by atoms with Gasteiger partial charge >= 0.3 is 0 Å². The SMILES string of the molecule is CC(C)(C)c1cc(C=O)c(O)c(-c2cccc(-c3cccc(-c4cccc(-c5cccc(-c6cccc(-c7cccc(-c8cc(C(C)(C)C)cc(C=O)c8O)n7)n6)c5O)c4O)n3)n2)c1. The second kappa shape index (κ2) is 16.7. The number of aromatic hydroxyl groups is 4. The van der Waals surface area contributed by atoms with E-state index in [0.29, 0.717) is 91.5 Å². The van der Waals surface area contributed by atoms with E-state index < -0.39 is 0 Å². The maximum Gasteiger partial charge on any atom is 0.153 e. The van der Waals surface area contributed by atoms with E-state index in [1.54, 1.807) is 97.1 Å². The third kappa shape index (κ3) is 8.21. The second-order valence-corrected chi connectivity index (χ2v) is 17.7. The summed E-state index contributed by atoms with van der Waals surface area (Å²) >= 11 is 0. The van der Waals surface area contributed by atoms with E-state index in [9.17, 15) is 30.0 Å². The van der Waals surface area contributed by atoms with Gasteiger partial charge in [-0.2, -0.15) is 0 Å². The third-order valence-corrected chi connectivity index (χ3v) is 11.3. The zero-order chi connectivity index (χ0) is 45.5. The lowest BCUT2D eigenvalue weighted by Gasteiger charge is -2.21. The highest BCUT2D eigenvalue weighted by molar-refractivity contribution is 5.89. The molecule has 64 heavy (non-hydrogen) atoms. The molecule has 0 amide bonds. The molecule has 0 saturated carbocycles. The van der Waals surface area contributed by atoms with Crippen molar-refractivity contribution in [3.05, 3.63) is 156 Å². The number of aromatic nitrogens is 4. The molecule has 0 radical (unpaired) electrons. The topological polar surface area (TPSA) is 167 Å². The number of rotatable bonds is 9. The molecule has 4 N–H and O–H groups in total. The fourth-order valence-electron chi connectivity index (χ4n) is 7.59. The summed E-state index contributed by atoms with van der Waals surface area (Å²) in [4.78, 5) is 43.3. The number of aldehydes is 2. The number of nitrogens with zero attached hydrogens (tertiary/aromatic N) is 4. The number of para-hydroxylation sites is 2. The van der Waals surface area contributed by atoms with Gasteiger partial charge in [0.25, 0.3) is 0 Å². The fourth-order valence-corrected chi connectivity index (χ4v) is 7.59. The highest BCUT2D eigenvalue weighted by Gasteiger charge is 2.23. The van der Waals surface area contributed by atoms with Crippen molar-refractivity contribution >= 4 is 12.6 Å². The van der Waals surface area contributed by atoms with Crippen molar-refractivity contribution in [2.24, 2.45) is 0 Å². The van der Waals surface area contributed by atoms with Gasteiger partial charge in [0, 0.05) is 33.4 Å². The molecule has 4 aromatic carbocycles. The zero-order valence-corrected chi connectivity index (χ0v) is 36.3. The first-order chi connectivity index (χ1) is 30.5. The van der Waals surface area contributed by atoms with Gasteiger partial charge in [0.2, 0.25) is 0 Å². The summed E-state index contributed by atoms with van der Waals surface area (Å²) in [6, 6.07) is 39.2. The van der Waals surface area contributed by atoms with Gasteiger partial charge in [0.15, 0.2) is 12.6 Å². The lowest BCUT2D eigenvalue weighted by atomic mass is 9.84. The molecule has 4 aromatic heterocycles. The van der Waals surface area contributed by atoms with Crippen molar-refractivity contribution < 1.29 is 30.0 Å². The number of benzene rings is 4. The smallest absolute Gasteiger partial charge is 0.153 e. The Morgan fingerprint density at radius 2 is 0.609 bits per heavy atom. The number of pyridine rings is 4. The Labute approximate surface area is 371 Å². The van der Waals surface area contributed by atoms with Gasteiger partial charge in [-0.05, 0) is 107 Å². The summed E-state index contributed by atoms with van der Waals surface area (Å²) in [6.07, 6.45) is 1.28. The van der Waals surface area contributed by atoms with Crippen molar-refractivity contribution in [3.63, 3.8) is 0 Å². The van der Waals surface area contributed by atoms with Gasteiger partial charge < -0.3 is 20.4 Å². The van der Waals surface area contributed by atoms with E-state index in [2.05, 4.69) is 0 Å². The Kier molecular flexibility index (Phi) is 11.1. The molecule has 318 valence electrons. The van der Waals surface area contributed by atoms with E-state index in [4.69, 9.17) is 19.9 Å². The highest BCUT2D eigenvalue weighted by atomic mass is 16.3. The quantitative estimate of drug-likeness (QED) is 0.103. The molecule has 10 heteroatoms. The zero-order valence-electron chi connectivity index (χ0n) is 36.3. The number of hydrogen-bond acceptors (Lipinski definition) is 10. The molecular weight excluding hydrogens is 801 g/mol. The van der Waals surface area contributed by atoms with E-state index in [-0.39, 0.29) is 45.0 Å². The Morgan fingerprint density at radius 3 is 0.906 bits per heavy atom. The lowest BCUT2D eigenvalue weighted by molar-refractivity contribution is 0.111. The first-order valence-corrected chi connectivity index (χ1v) is 20.8. The molecule has 0 aliphatic heterocycles. The van der Waals surface area contributed by atoms with Crippen LogP contribution in [0.1, 0.15) is 73.4 Å². The molecule has 0 aliphatic rings. The Hall–Kier alpha value is -7.98. The molecule has 0 atom stereocenters. The molecule has 0 unspecified atom stereocenters. The number of hydrogen-bond donors (Lipinski definition) is 4. The van der Waals surface area contributed by atoms with Crippen LogP contribution in [-0.4, -0.2) is 52.9 Å². The van der Waals surface area contributed by atoms with Gasteiger partial charge in [-0.25, -0.2) is 19.9 Å². The highest BCUT2D eigenvalue weighted by Crippen LogP contribution is 2.45. The van der Waals surface area contributed by atoms with Crippen molar-refractivity contribution in [1.82, 2.24) is 19.9 Å². The molecule has 8 rings (SSSR count). The normalized spacial score (nSPS) is 11.7. The van der Waals surface area contributed by atoms with Crippen LogP contribution in [0.25, 0.3) is 78.9 Å². The van der Waals surface area contributed by atoms with Crippen LogP contribution in [0.15, 0.2) is 133 Å². The molecule has 0 saturated heterocycles. The molecular formula is C54H46N4O6. The van der Waals surface area contributed by atoms with E-state index in [0.717, 1.165) is 11.1 Å². The molecule has 0 fully saturated rings. The van der Waals surface area contributed by atoms with E-state index in [1.165, 1.54) is 0 Å². The number of carbonyl (C=O) groups is 2. The van der Waals surface area contributed by atoms with Gasteiger partial charge in [-0.3, -0.25) is 9.59 Å². The average molecular weight is 847 g/mol. The lowest BCUT2D eigenvalue weighted by Crippen LogP contribution is -2.12. The average Bonchev–Trinajstić information content (AvgIpc) is 3.29. The fraction of sp³-hybridized carbons (Fsp3) is 0.148. The second-order valence-electron chi connectivity index (χ2n) is 17.7. The van der Waals surface area contributed by atoms with E-state index >= 15 is 0 Å². The van der Waals surface area contributed by atoms with Crippen molar-refractivity contribution in [3.8, 4) is 102 Å². The molecule has 0 spiro atoms. The van der Waals surface area contributed by atoms with Crippen molar-refractivity contribution in [2.75, 3.05) is 0 Å². The standard InChI is InChI=1S/C54H46N4O6/c1-53(2,3)33-25-31(29-59)49(61)39(27-33)43-19-11-23-47(57-43)45-21-9-17-41(55-45)37-15-7-13-35(51(37)63)36-14-8-16-38(52(36)64)42-18-10-22-46(56-42)48-24-12-20-44(58-48)40-28-34(54(4,5)6)26-32(30-60)50(40)62/h7-30,61-64H,1-6H3. The minimum absolute atomic E-state index is 0.0918. The Bertz CT molecular complexity index is 2920. The predicted octanol–water partition coefficient (Wildman–Crippen LogP) is 12.0. The minimum atomic E-state index is -0.284. The van der Waals surface area contributed by atoms with Gasteiger partial charge in [0.05, 0.1) is 56.7 Å². The summed E-state index contributed by atoms with van der Waals surface area (Å²) in [5, 5.41) is 45.8. The maximum absolute atomic E-state index is 11.9. The molecule has 0 bridgehead atoms. The first-order valence-electron chi connectivity index (χ1n) is 20.8. The van der Waals surface area contributed by atoms with E-state index in [1.807, 2.05) is 77.9 Å². The van der Waals surface area contributed by atoms with Crippen LogP contribution in [0.5, 0.6) is 23.0 Å². The van der Waals surface area contributed by atoms with Crippen LogP contribution < -0.4 is 0 Å². The number of phenolic OH excluding ortho intramolecular Hbond substituents is 4. The van der Waals surface area contributed by atoms with Crippen LogP contribution in [-0.2, 0) is 10.8 Å². The molecule has 0 aliphatic carbocycles. The first kappa shape index (κ1) is 42.7. The monoisotopic (exact) mass is 846 g/mol. The van der Waals surface area contributed by atoms with Crippen LogP contribution in [0.4, 0.5) is 0 Å². The summed E-state index contributed by atoms with van der Waals surface area (Å²) in [5.41, 5.74) is 7.96. The summed E-state index contributed by atoms with van der Waals surface area (Å²) in [5.74, 6) is -0.480. The summed E-state index contributed by atoms with van der Waals surface area (Å²) in [6.45, 7) is 12.2. The molecule has 4 heterocycles. The van der Waals surface area contributed by atoms with Gasteiger partial charge in [-0.15, -0.1) is 0 Å². The Balaban J connectivity index is 1.12. The number of carbonyl (C=O) groups excluding carboxylic acids is 2. The molecule has 10 nitrogen and oxygen atoms in total. The van der Waals surface area contributed by atoms with Crippen LogP contribution in [0.3, 0.4) is 0 Å². The van der Waals surface area contributed by atoms with Gasteiger partial charge in [0.1, 0.15) is 23.0 Å². The van der Waals surface area contributed by atoms with Crippen LogP contribution in [0, 0.1) is 0 Å². The number of phenols is 4. The molecule has 8 aromatic rings. The van der Waals surface area contributed by atoms with Crippen molar-refractivity contribution in [1.29, 1.82) is 0 Å². The maximum atomic E-state index is 11.9. The minimum Gasteiger partial charge on any atom is -0.507 e. The third-order valence-electron chi connectivity index (χ3n) is 11.3. The Morgan fingerprint density at radius 1 is 0.344 bits per heavy atom. The summed E-state index contributed by atoms with van der Waals surface area (Å²) in [7, 11) is 0. The predicted molar refractivity (Wildman–Crippen MR) is 251 cm³/mol. The van der Waals surface area contributed by atoms with Crippen molar-refractivity contribution in [2.45, 2.75) is 52.4 Å². The van der Waals surface area contributed by atoms with Crippen LogP contribution >= 0.6 is 0 Å². The summed E-state index contributed by atoms with van der Waals surface area (Å²) < 4.78 is 0. The van der Waals surface area contributed by atoms with Gasteiger partial charge in [-0.1, -0.05) is 90.1 Å². The largest absolute Gasteiger partial charge is 0.507 e.